The monoisotopic (exact) mass is 372 g/mol. The first kappa shape index (κ1) is 19.8. The van der Waals surface area contributed by atoms with Gasteiger partial charge in [-0.15, -0.1) is 5.10 Å². The van der Waals surface area contributed by atoms with Gasteiger partial charge in [0.05, 0.1) is 19.2 Å². The molecule has 3 rings (SSSR count). The highest BCUT2D eigenvalue weighted by Gasteiger charge is 2.31. The van der Waals surface area contributed by atoms with E-state index in [0.29, 0.717) is 19.1 Å². The number of aromatic nitrogens is 4. The van der Waals surface area contributed by atoms with E-state index in [4.69, 9.17) is 4.74 Å². The van der Waals surface area contributed by atoms with Crippen LogP contribution in [-0.2, 0) is 11.3 Å². The van der Waals surface area contributed by atoms with Crippen LogP contribution in [0.15, 0.2) is 18.2 Å². The summed E-state index contributed by atoms with van der Waals surface area (Å²) in [6.45, 7) is 14.2. The lowest BCUT2D eigenvalue weighted by Gasteiger charge is -2.41. The molecule has 1 atom stereocenters. The molecule has 1 fully saturated rings. The van der Waals surface area contributed by atoms with Crippen LogP contribution in [0, 0.1) is 19.8 Å². The molecule has 148 valence electrons. The van der Waals surface area contributed by atoms with Crippen molar-refractivity contribution in [3.05, 3.63) is 35.2 Å². The molecule has 0 spiro atoms. The first-order valence-electron chi connectivity index (χ1n) is 9.82. The number of piperazine rings is 1. The minimum absolute atomic E-state index is 0.220. The predicted octanol–water partition coefficient (Wildman–Crippen LogP) is 2.46. The van der Waals surface area contributed by atoms with Crippen molar-refractivity contribution in [2.75, 3.05) is 44.8 Å². The second-order valence-electron chi connectivity index (χ2n) is 7.75. The molecule has 2 aromatic rings. The fraction of sp³-hybridized carbons (Fsp3) is 0.650. The van der Waals surface area contributed by atoms with Crippen molar-refractivity contribution in [1.82, 2.24) is 25.1 Å². The van der Waals surface area contributed by atoms with Crippen LogP contribution in [0.1, 0.15) is 36.8 Å². The van der Waals surface area contributed by atoms with E-state index in [0.717, 1.165) is 32.0 Å². The molecule has 7 heteroatoms. The molecule has 1 aromatic carbocycles. The molecule has 0 aliphatic carbocycles. The lowest BCUT2D eigenvalue weighted by Crippen LogP contribution is -2.49. The number of tetrazole rings is 1. The smallest absolute Gasteiger partial charge is 0.168 e. The molecule has 1 aliphatic rings. The van der Waals surface area contributed by atoms with Crippen LogP contribution >= 0.6 is 0 Å². The predicted molar refractivity (Wildman–Crippen MR) is 107 cm³/mol. The minimum atomic E-state index is 0.220. The van der Waals surface area contributed by atoms with E-state index in [1.807, 2.05) is 4.68 Å². The summed E-state index contributed by atoms with van der Waals surface area (Å²) >= 11 is 0. The number of anilines is 1. The molecule has 1 aromatic heterocycles. The van der Waals surface area contributed by atoms with Gasteiger partial charge in [-0.3, -0.25) is 4.90 Å². The van der Waals surface area contributed by atoms with E-state index < -0.39 is 0 Å². The Morgan fingerprint density at radius 3 is 2.52 bits per heavy atom. The van der Waals surface area contributed by atoms with Crippen LogP contribution < -0.4 is 4.90 Å². The van der Waals surface area contributed by atoms with Crippen molar-refractivity contribution in [3.63, 3.8) is 0 Å². The van der Waals surface area contributed by atoms with Gasteiger partial charge < -0.3 is 9.64 Å². The van der Waals surface area contributed by atoms with Crippen LogP contribution in [0.4, 0.5) is 5.69 Å². The first-order chi connectivity index (χ1) is 13.0. The Hall–Kier alpha value is -1.99. The van der Waals surface area contributed by atoms with Crippen molar-refractivity contribution in [1.29, 1.82) is 0 Å². The van der Waals surface area contributed by atoms with Gasteiger partial charge in [-0.2, -0.15) is 0 Å². The largest absolute Gasteiger partial charge is 0.383 e. The number of ether oxygens (including phenoxy) is 1. The zero-order chi connectivity index (χ0) is 19.4. The lowest BCUT2D eigenvalue weighted by atomic mass is 10.00. The number of hydrogen-bond donors (Lipinski definition) is 0. The van der Waals surface area contributed by atoms with Crippen LogP contribution in [0.3, 0.4) is 0 Å². The van der Waals surface area contributed by atoms with Gasteiger partial charge in [0.1, 0.15) is 0 Å². The fourth-order valence-corrected chi connectivity index (χ4v) is 3.94. The van der Waals surface area contributed by atoms with Gasteiger partial charge in [0.2, 0.25) is 0 Å². The maximum absolute atomic E-state index is 5.20. The summed E-state index contributed by atoms with van der Waals surface area (Å²) in [5.41, 5.74) is 4.02. The third kappa shape index (κ3) is 4.47. The summed E-state index contributed by atoms with van der Waals surface area (Å²) in [4.78, 5) is 5.03. The molecule has 1 aliphatic heterocycles. The maximum atomic E-state index is 5.20. The number of hydrogen-bond acceptors (Lipinski definition) is 6. The standard InChI is InChI=1S/C20H32N6O/c1-15(2)19(20-21-22-23-26(20)12-13-27-5)25-10-8-24(9-11-25)18-14-16(3)6-7-17(18)4/h6-7,14-15,19H,8-13H2,1-5H3. The highest BCUT2D eigenvalue weighted by atomic mass is 16.5. The van der Waals surface area contributed by atoms with Gasteiger partial charge in [0.15, 0.2) is 5.82 Å². The zero-order valence-corrected chi connectivity index (χ0v) is 17.2. The van der Waals surface area contributed by atoms with Gasteiger partial charge >= 0.3 is 0 Å². The summed E-state index contributed by atoms with van der Waals surface area (Å²) < 4.78 is 7.10. The summed E-state index contributed by atoms with van der Waals surface area (Å²) in [5, 5.41) is 12.5. The van der Waals surface area contributed by atoms with Gasteiger partial charge in [-0.1, -0.05) is 26.0 Å². The summed E-state index contributed by atoms with van der Waals surface area (Å²) in [5.74, 6) is 1.38. The Labute approximate surface area is 162 Å². The van der Waals surface area contributed by atoms with E-state index in [1.54, 1.807) is 7.11 Å². The number of methoxy groups -OCH3 is 1. The van der Waals surface area contributed by atoms with Crippen LogP contribution in [-0.4, -0.2) is 65.0 Å². The number of aryl methyl sites for hydroxylation is 2. The Morgan fingerprint density at radius 2 is 1.85 bits per heavy atom. The van der Waals surface area contributed by atoms with Crippen molar-refractivity contribution < 1.29 is 4.74 Å². The Balaban J connectivity index is 1.73. The Morgan fingerprint density at radius 1 is 1.11 bits per heavy atom. The summed E-state index contributed by atoms with van der Waals surface area (Å²) in [6, 6.07) is 6.93. The Bertz CT molecular complexity index is 736. The quantitative estimate of drug-likeness (QED) is 0.744. The molecule has 7 nitrogen and oxygen atoms in total. The molecule has 2 heterocycles. The molecular formula is C20H32N6O. The molecule has 1 unspecified atom stereocenters. The highest BCUT2D eigenvalue weighted by Crippen LogP contribution is 2.30. The molecule has 0 saturated carbocycles. The van der Waals surface area contributed by atoms with Crippen LogP contribution in [0.5, 0.6) is 0 Å². The molecule has 1 saturated heterocycles. The van der Waals surface area contributed by atoms with E-state index in [9.17, 15) is 0 Å². The third-order valence-corrected chi connectivity index (χ3v) is 5.38. The average molecular weight is 373 g/mol. The average Bonchev–Trinajstić information content (AvgIpc) is 3.10. The lowest BCUT2D eigenvalue weighted by molar-refractivity contribution is 0.129. The van der Waals surface area contributed by atoms with Crippen molar-refractivity contribution in [2.45, 2.75) is 40.3 Å². The van der Waals surface area contributed by atoms with E-state index >= 15 is 0 Å². The normalized spacial score (nSPS) is 16.9. The van der Waals surface area contributed by atoms with Crippen molar-refractivity contribution >= 4 is 5.69 Å². The van der Waals surface area contributed by atoms with E-state index in [2.05, 4.69) is 71.2 Å². The topological polar surface area (TPSA) is 59.3 Å². The molecule has 27 heavy (non-hydrogen) atoms. The van der Waals surface area contributed by atoms with E-state index in [1.165, 1.54) is 16.8 Å². The number of benzene rings is 1. The zero-order valence-electron chi connectivity index (χ0n) is 17.2. The third-order valence-electron chi connectivity index (χ3n) is 5.38. The van der Waals surface area contributed by atoms with Crippen molar-refractivity contribution in [3.8, 4) is 0 Å². The van der Waals surface area contributed by atoms with Gasteiger partial charge in [0, 0.05) is 39.0 Å². The van der Waals surface area contributed by atoms with Crippen LogP contribution in [0.2, 0.25) is 0 Å². The van der Waals surface area contributed by atoms with E-state index in [-0.39, 0.29) is 6.04 Å². The Kier molecular flexibility index (Phi) is 6.44. The molecule has 0 amide bonds. The molecule has 0 N–H and O–H groups in total. The van der Waals surface area contributed by atoms with Gasteiger partial charge in [-0.25, -0.2) is 4.68 Å². The number of nitrogens with zero attached hydrogens (tertiary/aromatic N) is 6. The molecule has 0 radical (unpaired) electrons. The van der Waals surface area contributed by atoms with Gasteiger partial charge in [0.25, 0.3) is 0 Å². The maximum Gasteiger partial charge on any atom is 0.168 e. The molecular weight excluding hydrogens is 340 g/mol. The van der Waals surface area contributed by atoms with Gasteiger partial charge in [-0.05, 0) is 47.4 Å². The first-order valence-corrected chi connectivity index (χ1v) is 9.82. The molecule has 0 bridgehead atoms. The summed E-state index contributed by atoms with van der Waals surface area (Å²) in [6.07, 6.45) is 0. The summed E-state index contributed by atoms with van der Waals surface area (Å²) in [7, 11) is 1.70. The van der Waals surface area contributed by atoms with Crippen molar-refractivity contribution in [2.24, 2.45) is 5.92 Å². The highest BCUT2D eigenvalue weighted by molar-refractivity contribution is 5.55. The fourth-order valence-electron chi connectivity index (χ4n) is 3.94. The second-order valence-corrected chi connectivity index (χ2v) is 7.75. The minimum Gasteiger partial charge on any atom is -0.383 e. The second kappa shape index (κ2) is 8.80. The van der Waals surface area contributed by atoms with Crippen LogP contribution in [0.25, 0.3) is 0 Å². The SMILES string of the molecule is COCCn1nnnc1C(C(C)C)N1CCN(c2cc(C)ccc2C)CC1. The number of rotatable bonds is 7.